The summed E-state index contributed by atoms with van der Waals surface area (Å²) in [5.41, 5.74) is 0.823. The molecular weight excluding hydrogens is 268 g/mol. The van der Waals surface area contributed by atoms with Crippen molar-refractivity contribution in [1.82, 2.24) is 4.90 Å². The van der Waals surface area contributed by atoms with E-state index in [1.54, 1.807) is 6.07 Å². The fourth-order valence-corrected chi connectivity index (χ4v) is 2.60. The Bertz CT molecular complexity index is 481. The van der Waals surface area contributed by atoms with Crippen molar-refractivity contribution in [2.24, 2.45) is 5.92 Å². The molecule has 1 heterocycles. The third-order valence-corrected chi connectivity index (χ3v) is 3.88. The third kappa shape index (κ3) is 3.43. The van der Waals surface area contributed by atoms with Gasteiger partial charge in [0.05, 0.1) is 11.0 Å². The van der Waals surface area contributed by atoms with Crippen LogP contribution in [0.1, 0.15) is 18.9 Å². The Morgan fingerprint density at radius 3 is 2.95 bits per heavy atom. The summed E-state index contributed by atoms with van der Waals surface area (Å²) < 4.78 is 0. The van der Waals surface area contributed by atoms with Crippen LogP contribution in [0.5, 0.6) is 0 Å². The summed E-state index contributed by atoms with van der Waals surface area (Å²) in [7, 11) is 0. The zero-order valence-electron chi connectivity index (χ0n) is 10.8. The molecule has 1 aliphatic rings. The second-order valence-electron chi connectivity index (χ2n) is 5.11. The van der Waals surface area contributed by atoms with E-state index >= 15 is 0 Å². The Labute approximate surface area is 116 Å². The van der Waals surface area contributed by atoms with Crippen molar-refractivity contribution >= 4 is 17.3 Å². The number of rotatable bonds is 3. The Hall–Kier alpha value is -1.17. The van der Waals surface area contributed by atoms with E-state index in [9.17, 15) is 15.2 Å². The fourth-order valence-electron chi connectivity index (χ4n) is 2.42. The average Bonchev–Trinajstić information content (AvgIpc) is 2.36. The molecule has 2 atom stereocenters. The molecule has 0 aliphatic carbocycles. The molecule has 6 heteroatoms. The maximum Gasteiger partial charge on any atom is 0.288 e. The van der Waals surface area contributed by atoms with Crippen molar-refractivity contribution < 1.29 is 10.0 Å². The van der Waals surface area contributed by atoms with Crippen LogP contribution >= 0.6 is 11.6 Å². The molecule has 2 unspecified atom stereocenters. The first-order chi connectivity index (χ1) is 8.97. The maximum absolute atomic E-state index is 10.8. The van der Waals surface area contributed by atoms with Crippen LogP contribution in [0, 0.1) is 16.0 Å². The molecule has 0 saturated carbocycles. The second-order valence-corrected chi connectivity index (χ2v) is 5.52. The Balaban J connectivity index is 2.07. The fraction of sp³-hybridized carbons (Fsp3) is 0.538. The van der Waals surface area contributed by atoms with Gasteiger partial charge in [-0.2, -0.15) is 0 Å². The van der Waals surface area contributed by atoms with Crippen molar-refractivity contribution in [3.8, 4) is 0 Å². The van der Waals surface area contributed by atoms with Crippen molar-refractivity contribution in [3.63, 3.8) is 0 Å². The number of aliphatic hydroxyl groups is 1. The number of aliphatic hydroxyl groups excluding tert-OH is 1. The summed E-state index contributed by atoms with van der Waals surface area (Å²) in [5.74, 6) is 0.232. The molecule has 1 saturated heterocycles. The van der Waals surface area contributed by atoms with Gasteiger partial charge in [0, 0.05) is 25.7 Å². The smallest absolute Gasteiger partial charge is 0.288 e. The molecule has 19 heavy (non-hydrogen) atoms. The van der Waals surface area contributed by atoms with Crippen LogP contribution in [-0.4, -0.2) is 34.1 Å². The predicted octanol–water partition coefficient (Wildman–Crippen LogP) is 2.45. The minimum Gasteiger partial charge on any atom is -0.393 e. The van der Waals surface area contributed by atoms with Gasteiger partial charge in [0.2, 0.25) is 0 Å². The quantitative estimate of drug-likeness (QED) is 0.684. The number of nitro benzene ring substituents is 1. The number of nitro groups is 1. The Kier molecular flexibility index (Phi) is 4.39. The topological polar surface area (TPSA) is 66.6 Å². The number of nitrogens with zero attached hydrogens (tertiary/aromatic N) is 2. The number of hydrogen-bond donors (Lipinski definition) is 1. The summed E-state index contributed by atoms with van der Waals surface area (Å²) in [6, 6.07) is 4.90. The highest BCUT2D eigenvalue weighted by Gasteiger charge is 2.24. The molecule has 1 aromatic rings. The molecule has 5 nitrogen and oxygen atoms in total. The van der Waals surface area contributed by atoms with Crippen molar-refractivity contribution in [2.45, 2.75) is 26.0 Å². The number of benzene rings is 1. The van der Waals surface area contributed by atoms with Gasteiger partial charge < -0.3 is 5.11 Å². The molecule has 0 aromatic heterocycles. The first-order valence-electron chi connectivity index (χ1n) is 6.30. The van der Waals surface area contributed by atoms with Crippen LogP contribution in [0.3, 0.4) is 0 Å². The molecule has 0 amide bonds. The average molecular weight is 285 g/mol. The van der Waals surface area contributed by atoms with E-state index in [4.69, 9.17) is 11.6 Å². The first-order valence-corrected chi connectivity index (χ1v) is 6.68. The Morgan fingerprint density at radius 1 is 1.58 bits per heavy atom. The number of hydrogen-bond acceptors (Lipinski definition) is 4. The molecule has 0 bridgehead atoms. The van der Waals surface area contributed by atoms with Crippen LogP contribution in [0.2, 0.25) is 5.02 Å². The van der Waals surface area contributed by atoms with E-state index < -0.39 is 4.92 Å². The SMILES string of the molecule is CC1CN(Cc2ccc(Cl)c([N+](=O)[O-])c2)CCC1O. The molecule has 0 spiro atoms. The molecule has 1 N–H and O–H groups in total. The number of halogens is 1. The highest BCUT2D eigenvalue weighted by atomic mass is 35.5. The molecule has 1 aromatic carbocycles. The van der Waals surface area contributed by atoms with Crippen LogP contribution in [0.15, 0.2) is 18.2 Å². The molecule has 1 fully saturated rings. The normalized spacial score (nSPS) is 24.4. The molecule has 0 radical (unpaired) electrons. The van der Waals surface area contributed by atoms with Gasteiger partial charge >= 0.3 is 0 Å². The van der Waals surface area contributed by atoms with Crippen LogP contribution in [0.25, 0.3) is 0 Å². The van der Waals surface area contributed by atoms with Crippen molar-refractivity contribution in [3.05, 3.63) is 38.9 Å². The van der Waals surface area contributed by atoms with Crippen LogP contribution in [-0.2, 0) is 6.54 Å². The first kappa shape index (κ1) is 14.2. The number of likely N-dealkylation sites (tertiary alicyclic amines) is 1. The largest absolute Gasteiger partial charge is 0.393 e. The number of piperidine rings is 1. The third-order valence-electron chi connectivity index (χ3n) is 3.56. The highest BCUT2D eigenvalue weighted by Crippen LogP contribution is 2.26. The lowest BCUT2D eigenvalue weighted by Crippen LogP contribution is -2.41. The Morgan fingerprint density at radius 2 is 2.32 bits per heavy atom. The van der Waals surface area contributed by atoms with E-state index in [2.05, 4.69) is 4.90 Å². The van der Waals surface area contributed by atoms with Gasteiger partial charge in [-0.15, -0.1) is 0 Å². The van der Waals surface area contributed by atoms with Gasteiger partial charge in [0.15, 0.2) is 0 Å². The lowest BCUT2D eigenvalue weighted by molar-refractivity contribution is -0.384. The van der Waals surface area contributed by atoms with Gasteiger partial charge in [-0.3, -0.25) is 15.0 Å². The van der Waals surface area contributed by atoms with Crippen molar-refractivity contribution in [1.29, 1.82) is 0 Å². The maximum atomic E-state index is 10.8. The van der Waals surface area contributed by atoms with E-state index in [0.29, 0.717) is 6.54 Å². The monoisotopic (exact) mass is 284 g/mol. The van der Waals surface area contributed by atoms with Crippen LogP contribution < -0.4 is 0 Å². The lowest BCUT2D eigenvalue weighted by atomic mass is 9.96. The zero-order valence-corrected chi connectivity index (χ0v) is 11.5. The van der Waals surface area contributed by atoms with Gasteiger partial charge in [0.1, 0.15) is 5.02 Å². The van der Waals surface area contributed by atoms with E-state index in [1.807, 2.05) is 13.0 Å². The van der Waals surface area contributed by atoms with Gasteiger partial charge in [-0.05, 0) is 24.0 Å². The molecular formula is C13H17ClN2O3. The summed E-state index contributed by atoms with van der Waals surface area (Å²) in [5, 5.41) is 20.7. The van der Waals surface area contributed by atoms with E-state index in [-0.39, 0.29) is 22.7 Å². The summed E-state index contributed by atoms with van der Waals surface area (Å²) in [4.78, 5) is 12.6. The van der Waals surface area contributed by atoms with Crippen molar-refractivity contribution in [2.75, 3.05) is 13.1 Å². The van der Waals surface area contributed by atoms with Gasteiger partial charge in [0.25, 0.3) is 5.69 Å². The summed E-state index contributed by atoms with van der Waals surface area (Å²) >= 11 is 5.79. The molecule has 2 rings (SSSR count). The molecule has 1 aliphatic heterocycles. The zero-order chi connectivity index (χ0) is 14.0. The minimum atomic E-state index is -0.464. The van der Waals surface area contributed by atoms with Gasteiger partial charge in [-0.1, -0.05) is 24.6 Å². The van der Waals surface area contributed by atoms with E-state index in [0.717, 1.165) is 25.1 Å². The second kappa shape index (κ2) is 5.86. The standard InChI is InChI=1S/C13H17ClN2O3/c1-9-7-15(5-4-13(9)17)8-10-2-3-11(14)12(6-10)16(18)19/h2-3,6,9,13,17H,4-5,7-8H2,1H3. The predicted molar refractivity (Wildman–Crippen MR) is 73.2 cm³/mol. The van der Waals surface area contributed by atoms with Gasteiger partial charge in [-0.25, -0.2) is 0 Å². The summed E-state index contributed by atoms with van der Waals surface area (Å²) in [6.07, 6.45) is 0.507. The van der Waals surface area contributed by atoms with E-state index in [1.165, 1.54) is 6.07 Å². The highest BCUT2D eigenvalue weighted by molar-refractivity contribution is 6.32. The van der Waals surface area contributed by atoms with Crippen LogP contribution in [0.4, 0.5) is 5.69 Å². The lowest BCUT2D eigenvalue weighted by Gasteiger charge is -2.34. The molecule has 104 valence electrons. The minimum absolute atomic E-state index is 0.0516. The summed E-state index contributed by atoms with van der Waals surface area (Å²) in [6.45, 7) is 4.27.